The van der Waals surface area contributed by atoms with Gasteiger partial charge < -0.3 is 14.6 Å². The largest absolute Gasteiger partial charge is 0.490 e. The van der Waals surface area contributed by atoms with E-state index in [0.29, 0.717) is 40.3 Å². The summed E-state index contributed by atoms with van der Waals surface area (Å²) in [4.78, 5) is 12.1. The molecule has 0 fully saturated rings. The summed E-state index contributed by atoms with van der Waals surface area (Å²) in [5.41, 5.74) is 4.56. The van der Waals surface area contributed by atoms with E-state index in [2.05, 4.69) is 42.4 Å². The molecule has 8 heteroatoms. The molecule has 0 saturated heterocycles. The summed E-state index contributed by atoms with van der Waals surface area (Å²) in [5.74, 6) is 0.512. The van der Waals surface area contributed by atoms with Gasteiger partial charge in [-0.15, -0.1) is 0 Å². The molecule has 3 aromatic carbocycles. The van der Waals surface area contributed by atoms with Crippen LogP contribution < -0.4 is 14.9 Å². The van der Waals surface area contributed by atoms with E-state index in [-0.39, 0.29) is 0 Å². The van der Waals surface area contributed by atoms with Crippen molar-refractivity contribution in [2.75, 3.05) is 6.61 Å². The van der Waals surface area contributed by atoms with Crippen molar-refractivity contribution in [2.45, 2.75) is 19.6 Å². The zero-order valence-corrected chi connectivity index (χ0v) is 20.5. The Morgan fingerprint density at radius 1 is 1.09 bits per heavy atom. The van der Waals surface area contributed by atoms with Crippen LogP contribution in [0.1, 0.15) is 29.7 Å². The van der Waals surface area contributed by atoms with Crippen LogP contribution >= 0.6 is 31.9 Å². The van der Waals surface area contributed by atoms with E-state index in [0.717, 1.165) is 10.0 Å². The Morgan fingerprint density at radius 3 is 2.50 bits per heavy atom. The van der Waals surface area contributed by atoms with Crippen molar-refractivity contribution in [3.8, 4) is 11.5 Å². The summed E-state index contributed by atoms with van der Waals surface area (Å²) < 4.78 is 13.4. The number of nitrogens with one attached hydrogen (secondary N) is 1. The normalized spacial score (nSPS) is 11.9. The van der Waals surface area contributed by atoms with Gasteiger partial charge in [-0.1, -0.05) is 58.4 Å². The molecule has 0 heterocycles. The molecule has 3 aromatic rings. The number of aliphatic hydroxyl groups excluding tert-OH is 1. The lowest BCUT2D eigenvalue weighted by Crippen LogP contribution is -2.25. The van der Waals surface area contributed by atoms with Crippen LogP contribution in [0.3, 0.4) is 0 Å². The van der Waals surface area contributed by atoms with Crippen LogP contribution in [0.15, 0.2) is 80.8 Å². The number of benzene rings is 3. The summed E-state index contributed by atoms with van der Waals surface area (Å²) in [5, 5.41) is 14.1. The molecule has 0 radical (unpaired) electrons. The summed E-state index contributed by atoms with van der Waals surface area (Å²) in [7, 11) is 0. The van der Waals surface area contributed by atoms with Gasteiger partial charge in [0, 0.05) is 4.47 Å². The zero-order valence-electron chi connectivity index (χ0n) is 17.3. The molecule has 166 valence electrons. The molecule has 2 N–H and O–H groups in total. The number of carbonyl (C=O) groups excluding carboxylic acids is 1. The molecule has 1 atom stereocenters. The van der Waals surface area contributed by atoms with Crippen LogP contribution in [0, 0.1) is 0 Å². The van der Waals surface area contributed by atoms with Gasteiger partial charge in [0.1, 0.15) is 6.61 Å². The van der Waals surface area contributed by atoms with Gasteiger partial charge in [0.15, 0.2) is 17.6 Å². The standard InChI is InChI=1S/C24H22Br2N2O4/c1-2-31-21-13-17(14-27-28-24(30)22(29)18-6-4-3-5-7-18)12-20(26)23(21)32-15-16-8-10-19(25)11-9-16/h3-14,22,29H,2,15H2,1H3,(H,28,30)/b27-14-/t22-/m1/s1. The molecule has 0 saturated carbocycles. The van der Waals surface area contributed by atoms with E-state index in [9.17, 15) is 9.90 Å². The predicted octanol–water partition coefficient (Wildman–Crippen LogP) is 5.37. The van der Waals surface area contributed by atoms with Crippen LogP contribution in [0.25, 0.3) is 0 Å². The molecular formula is C24H22Br2N2O4. The SMILES string of the molecule is CCOc1cc(/C=N\NC(=O)[C@H](O)c2ccccc2)cc(Br)c1OCc1ccc(Br)cc1. The molecule has 6 nitrogen and oxygen atoms in total. The Balaban J connectivity index is 1.69. The Hall–Kier alpha value is -2.68. The van der Waals surface area contributed by atoms with Crippen molar-refractivity contribution in [3.63, 3.8) is 0 Å². The molecule has 0 aliphatic rings. The third-order valence-corrected chi connectivity index (χ3v) is 5.50. The van der Waals surface area contributed by atoms with Crippen molar-refractivity contribution in [1.29, 1.82) is 0 Å². The number of hydrazone groups is 1. The van der Waals surface area contributed by atoms with E-state index >= 15 is 0 Å². The highest BCUT2D eigenvalue weighted by Crippen LogP contribution is 2.37. The van der Waals surface area contributed by atoms with Crippen molar-refractivity contribution < 1.29 is 19.4 Å². The fraction of sp³-hybridized carbons (Fsp3) is 0.167. The monoisotopic (exact) mass is 560 g/mol. The van der Waals surface area contributed by atoms with Crippen molar-refractivity contribution in [1.82, 2.24) is 5.43 Å². The van der Waals surface area contributed by atoms with Gasteiger partial charge in [0.2, 0.25) is 0 Å². The minimum absolute atomic E-state index is 0.382. The quantitative estimate of drug-likeness (QED) is 0.272. The maximum absolute atomic E-state index is 12.1. The maximum atomic E-state index is 12.1. The van der Waals surface area contributed by atoms with E-state index in [1.54, 1.807) is 30.3 Å². The first-order valence-electron chi connectivity index (χ1n) is 9.87. The first-order valence-corrected chi connectivity index (χ1v) is 11.5. The van der Waals surface area contributed by atoms with E-state index < -0.39 is 12.0 Å². The fourth-order valence-corrected chi connectivity index (χ4v) is 3.66. The lowest BCUT2D eigenvalue weighted by molar-refractivity contribution is -0.129. The van der Waals surface area contributed by atoms with Gasteiger partial charge in [-0.05, 0) is 63.8 Å². The molecule has 0 aliphatic carbocycles. The van der Waals surface area contributed by atoms with Crippen LogP contribution in [-0.4, -0.2) is 23.8 Å². The minimum Gasteiger partial charge on any atom is -0.490 e. The number of rotatable bonds is 9. The second-order valence-electron chi connectivity index (χ2n) is 6.73. The van der Waals surface area contributed by atoms with Crippen LogP contribution in [0.4, 0.5) is 0 Å². The van der Waals surface area contributed by atoms with Gasteiger partial charge in [0.25, 0.3) is 5.91 Å². The van der Waals surface area contributed by atoms with Crippen molar-refractivity contribution in [3.05, 3.63) is 92.4 Å². The van der Waals surface area contributed by atoms with Crippen LogP contribution in [-0.2, 0) is 11.4 Å². The molecule has 0 unspecified atom stereocenters. The second-order valence-corrected chi connectivity index (χ2v) is 8.50. The number of ether oxygens (including phenoxy) is 2. The smallest absolute Gasteiger partial charge is 0.273 e. The Kier molecular flexibility index (Phi) is 8.84. The second kappa shape index (κ2) is 11.8. The van der Waals surface area contributed by atoms with Crippen LogP contribution in [0.5, 0.6) is 11.5 Å². The lowest BCUT2D eigenvalue weighted by Gasteiger charge is -2.15. The summed E-state index contributed by atoms with van der Waals surface area (Å²) in [6.07, 6.45) is 0.176. The number of nitrogens with zero attached hydrogens (tertiary/aromatic N) is 1. The highest BCUT2D eigenvalue weighted by Gasteiger charge is 2.16. The first kappa shape index (κ1) is 24.0. The van der Waals surface area contributed by atoms with E-state index in [1.807, 2.05) is 43.3 Å². The number of hydrogen-bond acceptors (Lipinski definition) is 5. The van der Waals surface area contributed by atoms with E-state index in [1.165, 1.54) is 6.21 Å². The Morgan fingerprint density at radius 2 is 1.81 bits per heavy atom. The zero-order chi connectivity index (χ0) is 22.9. The first-order chi connectivity index (χ1) is 15.5. The number of amides is 1. The van der Waals surface area contributed by atoms with Gasteiger partial charge in [-0.2, -0.15) is 5.10 Å². The van der Waals surface area contributed by atoms with Gasteiger partial charge in [-0.3, -0.25) is 4.79 Å². The van der Waals surface area contributed by atoms with Gasteiger partial charge >= 0.3 is 0 Å². The average Bonchev–Trinajstić information content (AvgIpc) is 2.80. The third-order valence-electron chi connectivity index (χ3n) is 4.38. The molecule has 0 aromatic heterocycles. The number of carbonyl (C=O) groups is 1. The summed E-state index contributed by atoms with van der Waals surface area (Å²) in [6, 6.07) is 20.1. The highest BCUT2D eigenvalue weighted by molar-refractivity contribution is 9.10. The lowest BCUT2D eigenvalue weighted by atomic mass is 10.1. The average molecular weight is 562 g/mol. The van der Waals surface area contributed by atoms with Gasteiger partial charge in [-0.25, -0.2) is 5.43 Å². The molecule has 0 aliphatic heterocycles. The summed E-state index contributed by atoms with van der Waals surface area (Å²) in [6.45, 7) is 2.73. The maximum Gasteiger partial charge on any atom is 0.273 e. The van der Waals surface area contributed by atoms with Gasteiger partial charge in [0.05, 0.1) is 17.3 Å². The summed E-state index contributed by atoms with van der Waals surface area (Å²) >= 11 is 6.95. The number of aliphatic hydroxyl groups is 1. The Bertz CT molecular complexity index is 1070. The Labute approximate surface area is 203 Å². The van der Waals surface area contributed by atoms with Crippen molar-refractivity contribution in [2.24, 2.45) is 5.10 Å². The number of hydrogen-bond donors (Lipinski definition) is 2. The van der Waals surface area contributed by atoms with E-state index in [4.69, 9.17) is 9.47 Å². The van der Waals surface area contributed by atoms with Crippen LogP contribution in [0.2, 0.25) is 0 Å². The minimum atomic E-state index is -1.30. The fourth-order valence-electron chi connectivity index (χ4n) is 2.82. The van der Waals surface area contributed by atoms with Crippen molar-refractivity contribution >= 4 is 44.0 Å². The highest BCUT2D eigenvalue weighted by atomic mass is 79.9. The molecule has 0 spiro atoms. The number of halogens is 2. The molecule has 32 heavy (non-hydrogen) atoms. The predicted molar refractivity (Wildman–Crippen MR) is 131 cm³/mol. The molecule has 0 bridgehead atoms. The third kappa shape index (κ3) is 6.66. The molecule has 3 rings (SSSR count). The molecular weight excluding hydrogens is 540 g/mol. The molecule has 1 amide bonds. The topological polar surface area (TPSA) is 80.2 Å².